The van der Waals surface area contributed by atoms with Gasteiger partial charge < -0.3 is 5.32 Å². The smallest absolute Gasteiger partial charge is 0.234 e. The van der Waals surface area contributed by atoms with Gasteiger partial charge in [0.25, 0.3) is 0 Å². The number of nitrogens with one attached hydrogen (secondary N) is 1. The number of carbonyl (C=O) groups excluding carboxylic acids is 1. The topological polar surface area (TPSA) is 29.1 Å². The lowest BCUT2D eigenvalue weighted by molar-refractivity contribution is -0.119. The zero-order valence-corrected chi connectivity index (χ0v) is 7.62. The minimum absolute atomic E-state index is 0.00174. The molecule has 48 valence electrons. The van der Waals surface area contributed by atoms with Crippen LogP contribution in [0.15, 0.2) is 0 Å². The fourth-order valence-electron chi connectivity index (χ4n) is 0.227. The summed E-state index contributed by atoms with van der Waals surface area (Å²) in [5.41, 5.74) is 0. The van der Waals surface area contributed by atoms with Crippen LogP contribution in [0.25, 0.3) is 0 Å². The first kappa shape index (κ1) is 8.43. The highest BCUT2D eigenvalue weighted by Crippen LogP contribution is 2.01. The molecule has 4 heteroatoms. The maximum atomic E-state index is 10.6. The van der Waals surface area contributed by atoms with Crippen molar-refractivity contribution in [3.63, 3.8) is 0 Å². The van der Waals surface area contributed by atoms with E-state index in [4.69, 9.17) is 0 Å². The zero-order valence-electron chi connectivity index (χ0n) is 4.45. The molecule has 0 heterocycles. The quantitative estimate of drug-likeness (QED) is 0.719. The Hall–Kier alpha value is 0.430. The zero-order chi connectivity index (χ0) is 6.57. The van der Waals surface area contributed by atoms with E-state index in [1.165, 1.54) is 0 Å². The van der Waals surface area contributed by atoms with E-state index < -0.39 is 0 Å². The highest BCUT2D eigenvalue weighted by atomic mass is 79.9. The van der Waals surface area contributed by atoms with E-state index in [0.29, 0.717) is 5.33 Å². The molecule has 0 aliphatic rings. The average Bonchev–Trinajstić information content (AvgIpc) is 1.84. The molecule has 0 aromatic carbocycles. The van der Waals surface area contributed by atoms with Gasteiger partial charge in [-0.2, -0.15) is 0 Å². The van der Waals surface area contributed by atoms with Crippen LogP contribution in [0.3, 0.4) is 0 Å². The Labute approximate surface area is 65.3 Å². The molecule has 8 heavy (non-hydrogen) atoms. The molecule has 2 nitrogen and oxygen atoms in total. The van der Waals surface area contributed by atoms with E-state index >= 15 is 0 Å². The summed E-state index contributed by atoms with van der Waals surface area (Å²) in [6.45, 7) is 0. The third-order valence-corrected chi connectivity index (χ3v) is 2.92. The minimum Gasteiger partial charge on any atom is -0.358 e. The van der Waals surface area contributed by atoms with Crippen molar-refractivity contribution < 1.29 is 4.79 Å². The summed E-state index contributed by atoms with van der Waals surface area (Å²) in [5, 5.41) is 3.15. The number of carbonyl (C=O) groups is 1. The van der Waals surface area contributed by atoms with Crippen molar-refractivity contribution in [1.29, 1.82) is 0 Å². The predicted octanol–water partition coefficient (Wildman–Crippen LogP) is 0.891. The second-order valence-corrected chi connectivity index (χ2v) is 2.99. The molecular weight excluding hydrogens is 238 g/mol. The number of halogens is 2. The van der Waals surface area contributed by atoms with Crippen LogP contribution in [0, 0.1) is 0 Å². The second-order valence-electron chi connectivity index (χ2n) is 1.24. The molecule has 0 radical (unpaired) electrons. The Balaban J connectivity index is 3.46. The van der Waals surface area contributed by atoms with Crippen LogP contribution in [0.5, 0.6) is 0 Å². The molecule has 0 saturated carbocycles. The molecule has 0 fully saturated rings. The van der Waals surface area contributed by atoms with Crippen LogP contribution in [-0.2, 0) is 4.79 Å². The van der Waals surface area contributed by atoms with Gasteiger partial charge in [-0.25, -0.2) is 0 Å². The molecule has 0 saturated heterocycles. The van der Waals surface area contributed by atoms with E-state index in [1.54, 1.807) is 7.05 Å². The van der Waals surface area contributed by atoms with Crippen molar-refractivity contribution >= 4 is 37.8 Å². The maximum absolute atomic E-state index is 10.6. The molecular formula is C4H7Br2NO. The Bertz CT molecular complexity index is 86.1. The van der Waals surface area contributed by atoms with Gasteiger partial charge >= 0.3 is 0 Å². The molecule has 0 spiro atoms. The first-order chi connectivity index (χ1) is 3.72. The Morgan fingerprint density at radius 2 is 2.38 bits per heavy atom. The van der Waals surface area contributed by atoms with Gasteiger partial charge in [-0.1, -0.05) is 31.9 Å². The van der Waals surface area contributed by atoms with Crippen LogP contribution in [0.4, 0.5) is 0 Å². The third-order valence-electron chi connectivity index (χ3n) is 0.666. The van der Waals surface area contributed by atoms with Gasteiger partial charge in [0.15, 0.2) is 0 Å². The van der Waals surface area contributed by atoms with Crippen molar-refractivity contribution in [3.8, 4) is 0 Å². The van der Waals surface area contributed by atoms with Crippen LogP contribution in [0.1, 0.15) is 0 Å². The van der Waals surface area contributed by atoms with Crippen LogP contribution in [0.2, 0.25) is 0 Å². The maximum Gasteiger partial charge on any atom is 0.234 e. The van der Waals surface area contributed by atoms with E-state index in [9.17, 15) is 4.79 Å². The summed E-state index contributed by atoms with van der Waals surface area (Å²) in [7, 11) is 1.61. The summed E-state index contributed by atoms with van der Waals surface area (Å²) in [6, 6.07) is 0. The van der Waals surface area contributed by atoms with Gasteiger partial charge in [0, 0.05) is 12.4 Å². The largest absolute Gasteiger partial charge is 0.358 e. The van der Waals surface area contributed by atoms with Gasteiger partial charge in [0.1, 0.15) is 4.83 Å². The van der Waals surface area contributed by atoms with Crippen molar-refractivity contribution in [1.82, 2.24) is 5.32 Å². The molecule has 0 rings (SSSR count). The van der Waals surface area contributed by atoms with Crippen molar-refractivity contribution in [2.45, 2.75) is 4.83 Å². The molecule has 1 atom stereocenters. The number of hydrogen-bond acceptors (Lipinski definition) is 1. The van der Waals surface area contributed by atoms with E-state index in [1.807, 2.05) is 0 Å². The van der Waals surface area contributed by atoms with Gasteiger partial charge in [-0.15, -0.1) is 0 Å². The summed E-state index contributed by atoms with van der Waals surface area (Å²) in [5.74, 6) is 0.00174. The second kappa shape index (κ2) is 4.32. The standard InChI is InChI=1S/C4H7Br2NO/c1-7-4(8)3(6)2-5/h3H,2H2,1H3,(H,7,8). The van der Waals surface area contributed by atoms with E-state index in [2.05, 4.69) is 37.2 Å². The summed E-state index contributed by atoms with van der Waals surface area (Å²) in [6.07, 6.45) is 0. The third kappa shape index (κ3) is 2.67. The van der Waals surface area contributed by atoms with Crippen LogP contribution >= 0.6 is 31.9 Å². The lowest BCUT2D eigenvalue weighted by Crippen LogP contribution is -2.28. The highest BCUT2D eigenvalue weighted by Gasteiger charge is 2.08. The normalized spacial score (nSPS) is 12.9. The Morgan fingerprint density at radius 1 is 1.88 bits per heavy atom. The van der Waals surface area contributed by atoms with Crippen LogP contribution in [-0.4, -0.2) is 23.1 Å². The first-order valence-corrected chi connectivity index (χ1v) is 4.17. The Morgan fingerprint density at radius 3 is 2.50 bits per heavy atom. The van der Waals surface area contributed by atoms with Gasteiger partial charge in [-0.3, -0.25) is 4.79 Å². The van der Waals surface area contributed by atoms with Gasteiger partial charge in [0.2, 0.25) is 5.91 Å². The lowest BCUT2D eigenvalue weighted by Gasteiger charge is -2.00. The molecule has 1 N–H and O–H groups in total. The lowest BCUT2D eigenvalue weighted by atomic mass is 10.5. The molecule has 0 aromatic rings. The molecule has 1 amide bonds. The number of hydrogen-bond donors (Lipinski definition) is 1. The summed E-state index contributed by atoms with van der Waals surface area (Å²) >= 11 is 6.29. The minimum atomic E-state index is -0.104. The average molecular weight is 245 g/mol. The van der Waals surface area contributed by atoms with Crippen molar-refractivity contribution in [2.75, 3.05) is 12.4 Å². The molecule has 0 aliphatic carbocycles. The monoisotopic (exact) mass is 243 g/mol. The van der Waals surface area contributed by atoms with E-state index in [0.717, 1.165) is 0 Å². The molecule has 0 bridgehead atoms. The molecule has 0 aromatic heterocycles. The fraction of sp³-hybridized carbons (Fsp3) is 0.750. The SMILES string of the molecule is CNC(=O)C(Br)CBr. The van der Waals surface area contributed by atoms with Crippen molar-refractivity contribution in [3.05, 3.63) is 0 Å². The first-order valence-electron chi connectivity index (χ1n) is 2.14. The highest BCUT2D eigenvalue weighted by molar-refractivity contribution is 9.12. The van der Waals surface area contributed by atoms with Crippen LogP contribution < -0.4 is 5.32 Å². The number of alkyl halides is 2. The molecule has 1 unspecified atom stereocenters. The summed E-state index contributed by atoms with van der Waals surface area (Å²) in [4.78, 5) is 10.5. The Kier molecular flexibility index (Phi) is 4.56. The fourth-order valence-corrected chi connectivity index (χ4v) is 0.750. The predicted molar refractivity (Wildman–Crippen MR) is 40.6 cm³/mol. The molecule has 0 aliphatic heterocycles. The van der Waals surface area contributed by atoms with E-state index in [-0.39, 0.29) is 10.7 Å². The van der Waals surface area contributed by atoms with Gasteiger partial charge in [0.05, 0.1) is 0 Å². The van der Waals surface area contributed by atoms with Crippen molar-refractivity contribution in [2.24, 2.45) is 0 Å². The summed E-state index contributed by atoms with van der Waals surface area (Å²) < 4.78 is 0. The number of amides is 1. The number of rotatable bonds is 2. The van der Waals surface area contributed by atoms with Gasteiger partial charge in [-0.05, 0) is 0 Å².